The lowest BCUT2D eigenvalue weighted by molar-refractivity contribution is 0.112. The number of hydrogen-bond acceptors (Lipinski definition) is 3. The van der Waals surface area contributed by atoms with Gasteiger partial charge in [-0.1, -0.05) is 13.8 Å². The van der Waals surface area contributed by atoms with Crippen LogP contribution >= 0.6 is 27.3 Å². The molecular weight excluding hydrogens is 312 g/mol. The summed E-state index contributed by atoms with van der Waals surface area (Å²) in [6, 6.07) is 3.96. The summed E-state index contributed by atoms with van der Waals surface area (Å²) in [5.41, 5.74) is 1.44. The van der Waals surface area contributed by atoms with Crippen LogP contribution in [0.1, 0.15) is 30.6 Å². The van der Waals surface area contributed by atoms with Crippen LogP contribution in [0.25, 0.3) is 10.6 Å². The molecule has 2 aromatic heterocycles. The van der Waals surface area contributed by atoms with Crippen molar-refractivity contribution < 1.29 is 4.79 Å². The second-order valence-corrected chi connectivity index (χ2v) is 7.06. The molecular formula is C13H15BrN2OS. The van der Waals surface area contributed by atoms with Gasteiger partial charge in [0.05, 0.1) is 14.2 Å². The molecule has 0 saturated carbocycles. The Morgan fingerprint density at radius 2 is 2.28 bits per heavy atom. The molecule has 0 atom stereocenters. The minimum absolute atomic E-state index is 0.633. The number of rotatable bonds is 5. The molecule has 2 heterocycles. The predicted molar refractivity (Wildman–Crippen MR) is 78.1 cm³/mol. The van der Waals surface area contributed by atoms with E-state index in [9.17, 15) is 4.79 Å². The SMILES string of the molecule is CC(C)CCn1cc(C=O)c(-c2ccc(Br)s2)n1. The molecule has 0 bridgehead atoms. The fourth-order valence-electron chi connectivity index (χ4n) is 1.66. The van der Waals surface area contributed by atoms with E-state index in [0.717, 1.165) is 33.6 Å². The maximum Gasteiger partial charge on any atom is 0.153 e. The second-order valence-electron chi connectivity index (χ2n) is 4.60. The molecule has 2 rings (SSSR count). The van der Waals surface area contributed by atoms with E-state index in [2.05, 4.69) is 34.9 Å². The van der Waals surface area contributed by atoms with Gasteiger partial charge in [0, 0.05) is 12.7 Å². The third-order valence-electron chi connectivity index (χ3n) is 2.66. The lowest BCUT2D eigenvalue weighted by Crippen LogP contribution is -2.01. The van der Waals surface area contributed by atoms with Gasteiger partial charge in [0.25, 0.3) is 0 Å². The van der Waals surface area contributed by atoms with Crippen molar-refractivity contribution in [3.05, 3.63) is 27.7 Å². The molecule has 0 fully saturated rings. The van der Waals surface area contributed by atoms with Gasteiger partial charge in [-0.05, 0) is 40.4 Å². The van der Waals surface area contributed by atoms with E-state index in [1.165, 1.54) is 0 Å². The molecule has 0 amide bonds. The molecule has 96 valence electrons. The third-order valence-corrected chi connectivity index (χ3v) is 4.29. The van der Waals surface area contributed by atoms with Crippen molar-refractivity contribution in [1.29, 1.82) is 0 Å². The van der Waals surface area contributed by atoms with E-state index in [4.69, 9.17) is 0 Å². The molecule has 0 N–H and O–H groups in total. The molecule has 0 spiro atoms. The Hall–Kier alpha value is -0.940. The highest BCUT2D eigenvalue weighted by Crippen LogP contribution is 2.31. The summed E-state index contributed by atoms with van der Waals surface area (Å²) in [4.78, 5) is 12.1. The van der Waals surface area contributed by atoms with E-state index in [1.807, 2.05) is 23.0 Å². The van der Waals surface area contributed by atoms with Gasteiger partial charge in [-0.25, -0.2) is 0 Å². The van der Waals surface area contributed by atoms with E-state index in [0.29, 0.717) is 11.5 Å². The number of aromatic nitrogens is 2. The number of hydrogen-bond donors (Lipinski definition) is 0. The summed E-state index contributed by atoms with van der Waals surface area (Å²) < 4.78 is 2.92. The standard InChI is InChI=1S/C13H15BrN2OS/c1-9(2)5-6-16-7-10(8-17)13(15-16)11-3-4-12(14)18-11/h3-4,7-9H,5-6H2,1-2H3. The van der Waals surface area contributed by atoms with Crippen LogP contribution in [-0.4, -0.2) is 16.1 Å². The Labute approximate surface area is 119 Å². The summed E-state index contributed by atoms with van der Waals surface area (Å²) in [7, 11) is 0. The van der Waals surface area contributed by atoms with Crippen molar-refractivity contribution in [2.75, 3.05) is 0 Å². The quantitative estimate of drug-likeness (QED) is 0.770. The number of aryl methyl sites for hydroxylation is 1. The predicted octanol–water partition coefficient (Wildman–Crippen LogP) is 4.23. The molecule has 0 aliphatic heterocycles. The summed E-state index contributed by atoms with van der Waals surface area (Å²) in [6.45, 7) is 5.22. The van der Waals surface area contributed by atoms with Gasteiger partial charge in [0.15, 0.2) is 6.29 Å². The van der Waals surface area contributed by atoms with Gasteiger partial charge in [-0.15, -0.1) is 11.3 Å². The molecule has 5 heteroatoms. The first kappa shape index (κ1) is 13.5. The minimum atomic E-state index is 0.633. The molecule has 0 radical (unpaired) electrons. The Bertz CT molecular complexity index is 545. The van der Waals surface area contributed by atoms with E-state index >= 15 is 0 Å². The second kappa shape index (κ2) is 5.80. The Balaban J connectivity index is 2.27. The smallest absolute Gasteiger partial charge is 0.153 e. The van der Waals surface area contributed by atoms with Crippen LogP contribution in [0.4, 0.5) is 0 Å². The zero-order valence-corrected chi connectivity index (χ0v) is 12.8. The van der Waals surface area contributed by atoms with Crippen molar-refractivity contribution >= 4 is 33.6 Å². The lowest BCUT2D eigenvalue weighted by atomic mass is 10.1. The number of nitrogens with zero attached hydrogens (tertiary/aromatic N) is 2. The van der Waals surface area contributed by atoms with Gasteiger partial charge in [-0.3, -0.25) is 9.48 Å². The van der Waals surface area contributed by atoms with Crippen molar-refractivity contribution in [1.82, 2.24) is 9.78 Å². The lowest BCUT2D eigenvalue weighted by Gasteiger charge is -2.03. The van der Waals surface area contributed by atoms with Crippen molar-refractivity contribution in [2.24, 2.45) is 5.92 Å². The van der Waals surface area contributed by atoms with Crippen molar-refractivity contribution in [2.45, 2.75) is 26.8 Å². The number of aldehydes is 1. The fourth-order valence-corrected chi connectivity index (χ4v) is 3.05. The van der Waals surface area contributed by atoms with Crippen LogP contribution in [0.3, 0.4) is 0 Å². The number of thiophene rings is 1. The van der Waals surface area contributed by atoms with Crippen LogP contribution in [0.5, 0.6) is 0 Å². The zero-order valence-electron chi connectivity index (χ0n) is 10.4. The van der Waals surface area contributed by atoms with Crippen LogP contribution < -0.4 is 0 Å². The maximum atomic E-state index is 11.1. The van der Waals surface area contributed by atoms with Gasteiger partial charge < -0.3 is 0 Å². The molecule has 2 aromatic rings. The van der Waals surface area contributed by atoms with Gasteiger partial charge in [0.2, 0.25) is 0 Å². The van der Waals surface area contributed by atoms with E-state index in [-0.39, 0.29) is 0 Å². The summed E-state index contributed by atoms with van der Waals surface area (Å²) in [6.07, 6.45) is 3.77. The average Bonchev–Trinajstić information content (AvgIpc) is 2.92. The van der Waals surface area contributed by atoms with Crippen LogP contribution in [0, 0.1) is 5.92 Å². The highest BCUT2D eigenvalue weighted by Gasteiger charge is 2.12. The highest BCUT2D eigenvalue weighted by atomic mass is 79.9. The monoisotopic (exact) mass is 326 g/mol. The largest absolute Gasteiger partial charge is 0.298 e. The number of carbonyl (C=O) groups excluding carboxylic acids is 1. The molecule has 0 unspecified atom stereocenters. The molecule has 0 saturated heterocycles. The number of carbonyl (C=O) groups is 1. The molecule has 0 aromatic carbocycles. The Kier molecular flexibility index (Phi) is 4.35. The van der Waals surface area contributed by atoms with Crippen LogP contribution in [0.2, 0.25) is 0 Å². The Morgan fingerprint density at radius 1 is 1.50 bits per heavy atom. The van der Waals surface area contributed by atoms with Gasteiger partial charge >= 0.3 is 0 Å². The van der Waals surface area contributed by atoms with Crippen molar-refractivity contribution in [3.63, 3.8) is 0 Å². The Morgan fingerprint density at radius 3 is 2.83 bits per heavy atom. The number of halogens is 1. The topological polar surface area (TPSA) is 34.9 Å². The molecule has 0 aliphatic rings. The minimum Gasteiger partial charge on any atom is -0.298 e. The average molecular weight is 327 g/mol. The normalized spacial score (nSPS) is 11.1. The molecule has 18 heavy (non-hydrogen) atoms. The first-order chi connectivity index (χ1) is 8.60. The highest BCUT2D eigenvalue weighted by molar-refractivity contribution is 9.11. The van der Waals surface area contributed by atoms with E-state index in [1.54, 1.807) is 11.3 Å². The maximum absolute atomic E-state index is 11.1. The first-order valence-corrected chi connectivity index (χ1v) is 7.49. The summed E-state index contributed by atoms with van der Waals surface area (Å²) in [5.74, 6) is 0.633. The van der Waals surface area contributed by atoms with Gasteiger partial charge in [0.1, 0.15) is 5.69 Å². The molecule has 0 aliphatic carbocycles. The van der Waals surface area contributed by atoms with E-state index < -0.39 is 0 Å². The summed E-state index contributed by atoms with van der Waals surface area (Å²) >= 11 is 5.02. The van der Waals surface area contributed by atoms with Crippen LogP contribution in [-0.2, 0) is 6.54 Å². The first-order valence-electron chi connectivity index (χ1n) is 5.88. The molecule has 3 nitrogen and oxygen atoms in total. The third kappa shape index (κ3) is 3.09. The fraction of sp³-hybridized carbons (Fsp3) is 0.385. The van der Waals surface area contributed by atoms with Crippen LogP contribution in [0.15, 0.2) is 22.1 Å². The zero-order chi connectivity index (χ0) is 13.1. The van der Waals surface area contributed by atoms with Crippen molar-refractivity contribution in [3.8, 4) is 10.6 Å². The van der Waals surface area contributed by atoms with Gasteiger partial charge in [-0.2, -0.15) is 5.10 Å². The summed E-state index contributed by atoms with van der Waals surface area (Å²) in [5, 5.41) is 4.51.